The van der Waals surface area contributed by atoms with Crippen LogP contribution in [0.25, 0.3) is 11.0 Å². The molecule has 20 heavy (non-hydrogen) atoms. The maximum Gasteiger partial charge on any atom is 0.248 e. The van der Waals surface area contributed by atoms with E-state index in [0.29, 0.717) is 5.39 Å². The summed E-state index contributed by atoms with van der Waals surface area (Å²) in [5.74, 6) is -3.13. The van der Waals surface area contributed by atoms with Crippen LogP contribution < -0.4 is 0 Å². The van der Waals surface area contributed by atoms with E-state index >= 15 is 0 Å². The maximum atomic E-state index is 13.5. The van der Waals surface area contributed by atoms with Crippen LogP contribution in [0.3, 0.4) is 0 Å². The van der Waals surface area contributed by atoms with Crippen LogP contribution in [0.2, 0.25) is 0 Å². The Balaban J connectivity index is 1.82. The largest absolute Gasteiger partial charge is 0.455 e. The van der Waals surface area contributed by atoms with Crippen LogP contribution in [0.5, 0.6) is 0 Å². The SMILES string of the molecule is OC(c1cc2cccc(F)c2o1)C1CCC(F)(F)CC1. The van der Waals surface area contributed by atoms with Gasteiger partial charge in [-0.25, -0.2) is 13.2 Å². The molecule has 1 N–H and O–H groups in total. The van der Waals surface area contributed by atoms with E-state index < -0.39 is 17.8 Å². The molecular weight excluding hydrogens is 269 g/mol. The Kier molecular flexibility index (Phi) is 3.24. The molecule has 1 atom stereocenters. The van der Waals surface area contributed by atoms with Gasteiger partial charge in [-0.3, -0.25) is 0 Å². The topological polar surface area (TPSA) is 33.4 Å². The zero-order valence-electron chi connectivity index (χ0n) is 10.8. The minimum Gasteiger partial charge on any atom is -0.455 e. The minimum absolute atomic E-state index is 0.0997. The van der Waals surface area contributed by atoms with E-state index in [1.54, 1.807) is 18.2 Å². The first-order chi connectivity index (χ1) is 9.46. The van der Waals surface area contributed by atoms with E-state index in [2.05, 4.69) is 0 Å². The maximum absolute atomic E-state index is 13.5. The van der Waals surface area contributed by atoms with E-state index in [1.807, 2.05) is 0 Å². The molecule has 1 aliphatic carbocycles. The van der Waals surface area contributed by atoms with Gasteiger partial charge in [0.25, 0.3) is 0 Å². The molecule has 1 unspecified atom stereocenters. The molecule has 0 spiro atoms. The van der Waals surface area contributed by atoms with E-state index in [0.717, 1.165) is 0 Å². The first kappa shape index (κ1) is 13.5. The standard InChI is InChI=1S/C15H15F3O2/c16-11-3-1-2-10-8-12(20-14(10)11)13(19)9-4-6-15(17,18)7-5-9/h1-3,8-9,13,19H,4-7H2. The summed E-state index contributed by atoms with van der Waals surface area (Å²) in [6.45, 7) is 0. The average Bonchev–Trinajstić information content (AvgIpc) is 2.83. The summed E-state index contributed by atoms with van der Waals surface area (Å²) >= 11 is 0. The number of aliphatic hydroxyl groups excluding tert-OH is 1. The van der Waals surface area contributed by atoms with Crippen LogP contribution in [-0.4, -0.2) is 11.0 Å². The summed E-state index contributed by atoms with van der Waals surface area (Å²) < 4.78 is 45.1. The second kappa shape index (κ2) is 4.81. The third-order valence-corrected chi connectivity index (χ3v) is 4.01. The van der Waals surface area contributed by atoms with Crippen molar-refractivity contribution >= 4 is 11.0 Å². The molecule has 2 nitrogen and oxygen atoms in total. The Bertz CT molecular complexity index is 611. The Hall–Kier alpha value is -1.49. The molecule has 0 radical (unpaired) electrons. The number of hydrogen-bond acceptors (Lipinski definition) is 2. The molecule has 0 aliphatic heterocycles. The molecule has 1 aromatic carbocycles. The predicted molar refractivity (Wildman–Crippen MR) is 68.0 cm³/mol. The van der Waals surface area contributed by atoms with Crippen LogP contribution in [-0.2, 0) is 0 Å². The van der Waals surface area contributed by atoms with Gasteiger partial charge >= 0.3 is 0 Å². The monoisotopic (exact) mass is 284 g/mol. The second-order valence-electron chi connectivity index (χ2n) is 5.45. The molecule has 1 saturated carbocycles. The number of rotatable bonds is 2. The zero-order chi connectivity index (χ0) is 14.3. The van der Waals surface area contributed by atoms with Crippen molar-refractivity contribution in [2.75, 3.05) is 0 Å². The van der Waals surface area contributed by atoms with Crippen LogP contribution in [0.4, 0.5) is 13.2 Å². The summed E-state index contributed by atoms with van der Waals surface area (Å²) in [7, 11) is 0. The molecule has 5 heteroatoms. The van der Waals surface area contributed by atoms with Crippen molar-refractivity contribution in [3.05, 3.63) is 35.8 Å². The third-order valence-electron chi connectivity index (χ3n) is 4.01. The number of alkyl halides is 2. The van der Waals surface area contributed by atoms with E-state index in [9.17, 15) is 18.3 Å². The Morgan fingerprint density at radius 3 is 2.60 bits per heavy atom. The molecule has 3 rings (SSSR count). The number of halogens is 3. The van der Waals surface area contributed by atoms with Crippen molar-refractivity contribution in [1.29, 1.82) is 0 Å². The molecule has 1 aliphatic rings. The van der Waals surface area contributed by atoms with Crippen LogP contribution in [0.1, 0.15) is 37.5 Å². The smallest absolute Gasteiger partial charge is 0.248 e. The van der Waals surface area contributed by atoms with Gasteiger partial charge in [0.1, 0.15) is 11.9 Å². The summed E-state index contributed by atoms with van der Waals surface area (Å²) in [4.78, 5) is 0. The van der Waals surface area contributed by atoms with Crippen LogP contribution in [0.15, 0.2) is 28.7 Å². The van der Waals surface area contributed by atoms with Gasteiger partial charge in [0.05, 0.1) is 0 Å². The van der Waals surface area contributed by atoms with E-state index in [1.165, 1.54) is 6.07 Å². The Labute approximate surface area is 114 Å². The normalized spacial score (nSPS) is 21.2. The summed E-state index contributed by atoms with van der Waals surface area (Å²) in [6.07, 6.45) is -0.911. The molecule has 0 bridgehead atoms. The second-order valence-corrected chi connectivity index (χ2v) is 5.45. The summed E-state index contributed by atoms with van der Waals surface area (Å²) in [5, 5.41) is 10.8. The minimum atomic E-state index is -2.63. The molecule has 1 heterocycles. The number of benzene rings is 1. The highest BCUT2D eigenvalue weighted by atomic mass is 19.3. The Morgan fingerprint density at radius 1 is 1.25 bits per heavy atom. The quantitative estimate of drug-likeness (QED) is 0.885. The highest BCUT2D eigenvalue weighted by molar-refractivity contribution is 5.78. The fourth-order valence-electron chi connectivity index (χ4n) is 2.80. The van der Waals surface area contributed by atoms with Gasteiger partial charge in [-0.15, -0.1) is 0 Å². The van der Waals surface area contributed by atoms with Crippen molar-refractivity contribution in [1.82, 2.24) is 0 Å². The first-order valence-corrected chi connectivity index (χ1v) is 6.70. The molecule has 2 aromatic rings. The third kappa shape index (κ3) is 2.42. The van der Waals surface area contributed by atoms with Crippen molar-refractivity contribution in [2.45, 2.75) is 37.7 Å². The van der Waals surface area contributed by atoms with E-state index in [4.69, 9.17) is 4.42 Å². The lowest BCUT2D eigenvalue weighted by molar-refractivity contribution is -0.0650. The predicted octanol–water partition coefficient (Wildman–Crippen LogP) is 4.43. The first-order valence-electron chi connectivity index (χ1n) is 6.70. The lowest BCUT2D eigenvalue weighted by Gasteiger charge is -2.30. The number of aliphatic hydroxyl groups is 1. The molecular formula is C15H15F3O2. The van der Waals surface area contributed by atoms with Crippen molar-refractivity contribution in [3.63, 3.8) is 0 Å². The van der Waals surface area contributed by atoms with Gasteiger partial charge in [0.15, 0.2) is 11.4 Å². The van der Waals surface area contributed by atoms with Gasteiger partial charge in [0, 0.05) is 18.2 Å². The van der Waals surface area contributed by atoms with Gasteiger partial charge in [-0.05, 0) is 30.9 Å². The molecule has 108 valence electrons. The molecule has 1 fully saturated rings. The van der Waals surface area contributed by atoms with Gasteiger partial charge in [-0.1, -0.05) is 12.1 Å². The fraction of sp³-hybridized carbons (Fsp3) is 0.467. The summed E-state index contributed by atoms with van der Waals surface area (Å²) in [5.41, 5.74) is 0.0997. The van der Waals surface area contributed by atoms with Gasteiger partial charge < -0.3 is 9.52 Å². The number of fused-ring (bicyclic) bond motifs is 1. The number of para-hydroxylation sites is 1. The fourth-order valence-corrected chi connectivity index (χ4v) is 2.80. The van der Waals surface area contributed by atoms with E-state index in [-0.39, 0.29) is 42.9 Å². The lowest BCUT2D eigenvalue weighted by Crippen LogP contribution is -2.27. The number of hydrogen-bond donors (Lipinski definition) is 1. The van der Waals surface area contributed by atoms with Crippen molar-refractivity contribution < 1.29 is 22.7 Å². The molecule has 1 aromatic heterocycles. The number of furan rings is 1. The highest BCUT2D eigenvalue weighted by Gasteiger charge is 2.38. The molecule has 0 amide bonds. The average molecular weight is 284 g/mol. The Morgan fingerprint density at radius 2 is 1.95 bits per heavy atom. The lowest BCUT2D eigenvalue weighted by atomic mass is 9.82. The van der Waals surface area contributed by atoms with Crippen molar-refractivity contribution in [2.24, 2.45) is 5.92 Å². The zero-order valence-corrected chi connectivity index (χ0v) is 10.8. The highest BCUT2D eigenvalue weighted by Crippen LogP contribution is 2.42. The summed E-state index contributed by atoms with van der Waals surface area (Å²) in [6, 6.07) is 6.11. The molecule has 0 saturated heterocycles. The van der Waals surface area contributed by atoms with Gasteiger partial charge in [-0.2, -0.15) is 0 Å². The van der Waals surface area contributed by atoms with Crippen LogP contribution in [0, 0.1) is 11.7 Å². The van der Waals surface area contributed by atoms with Gasteiger partial charge in [0.2, 0.25) is 5.92 Å². The van der Waals surface area contributed by atoms with Crippen LogP contribution >= 0.6 is 0 Å². The van der Waals surface area contributed by atoms with Crippen molar-refractivity contribution in [3.8, 4) is 0 Å².